The third kappa shape index (κ3) is 12.5. The molecule has 0 aliphatic heterocycles. The number of amides is 2. The Hall–Kier alpha value is -5.27. The molecule has 0 aliphatic rings. The van der Waals surface area contributed by atoms with Crippen LogP contribution >= 0.6 is 7.75 Å². The minimum absolute atomic E-state index is 0.0207. The van der Waals surface area contributed by atoms with E-state index in [0.29, 0.717) is 16.7 Å². The number of aliphatic carboxylic acids is 1. The van der Waals surface area contributed by atoms with E-state index in [9.17, 15) is 33.7 Å². The highest BCUT2D eigenvalue weighted by Gasteiger charge is 2.37. The van der Waals surface area contributed by atoms with Gasteiger partial charge in [0.15, 0.2) is 0 Å². The number of carboxylic acid groups (broad SMARTS) is 1. The van der Waals surface area contributed by atoms with Gasteiger partial charge in [-0.25, -0.2) is 24.0 Å². The fourth-order valence-corrected chi connectivity index (χ4v) is 6.25. The van der Waals surface area contributed by atoms with Crippen LogP contribution in [-0.2, 0) is 59.6 Å². The molecule has 0 spiro atoms. The lowest BCUT2D eigenvalue weighted by molar-refractivity contribution is -0.155. The molecule has 14 nitrogen and oxygen atoms in total. The predicted molar refractivity (Wildman–Crippen MR) is 191 cm³/mol. The molecule has 0 bridgehead atoms. The van der Waals surface area contributed by atoms with Crippen LogP contribution in [0.2, 0.25) is 0 Å². The van der Waals surface area contributed by atoms with Gasteiger partial charge in [-0.2, -0.15) is 0 Å². The zero-order chi connectivity index (χ0) is 37.7. The van der Waals surface area contributed by atoms with E-state index < -0.39 is 50.0 Å². The highest BCUT2D eigenvalue weighted by Crippen LogP contribution is 2.40. The summed E-state index contributed by atoms with van der Waals surface area (Å²) in [6.07, 6.45) is -1.47. The number of hydrogen-bond acceptors (Lipinski definition) is 8. The Morgan fingerprint density at radius 3 is 1.90 bits per heavy atom. The molecule has 2 amide bonds. The van der Waals surface area contributed by atoms with Crippen LogP contribution in [0.1, 0.15) is 37.0 Å². The Morgan fingerprint density at radius 1 is 0.769 bits per heavy atom. The first kappa shape index (κ1) is 39.5. The van der Waals surface area contributed by atoms with E-state index in [1.165, 1.54) is 0 Å². The van der Waals surface area contributed by atoms with Gasteiger partial charge in [-0.1, -0.05) is 98.8 Å². The molecule has 0 radical (unpaired) electrons. The second kappa shape index (κ2) is 18.8. The van der Waals surface area contributed by atoms with Crippen LogP contribution in [-0.4, -0.2) is 56.8 Å². The molecule has 4 rings (SSSR count). The Kier molecular flexibility index (Phi) is 14.3. The van der Waals surface area contributed by atoms with Gasteiger partial charge >= 0.3 is 25.8 Å². The quantitative estimate of drug-likeness (QED) is 0.0529. The number of ether oxygens (including phenoxy) is 2. The summed E-state index contributed by atoms with van der Waals surface area (Å²) in [6, 6.07) is 25.5. The summed E-state index contributed by atoms with van der Waals surface area (Å²) in [7, 11) is -3.19. The van der Waals surface area contributed by atoms with Gasteiger partial charge in [0.2, 0.25) is 12.1 Å². The van der Waals surface area contributed by atoms with Crippen molar-refractivity contribution in [1.29, 1.82) is 0 Å². The summed E-state index contributed by atoms with van der Waals surface area (Å²) >= 11 is 0. The maximum absolute atomic E-state index is 13.5. The van der Waals surface area contributed by atoms with Gasteiger partial charge in [0.1, 0.15) is 19.3 Å². The Morgan fingerprint density at radius 2 is 1.37 bits per heavy atom. The molecule has 1 aromatic heterocycles. The van der Waals surface area contributed by atoms with E-state index in [2.05, 4.69) is 15.7 Å². The van der Waals surface area contributed by atoms with E-state index in [1.54, 1.807) is 86.6 Å². The number of rotatable bonds is 18. The first-order valence-corrected chi connectivity index (χ1v) is 18.1. The lowest BCUT2D eigenvalue weighted by atomic mass is 10.0. The van der Waals surface area contributed by atoms with E-state index in [4.69, 9.17) is 14.0 Å². The first-order chi connectivity index (χ1) is 24.8. The fourth-order valence-electron chi connectivity index (χ4n) is 5.15. The van der Waals surface area contributed by atoms with Crippen molar-refractivity contribution in [1.82, 2.24) is 20.3 Å². The average molecular weight is 735 g/mol. The molecule has 3 aromatic carbocycles. The Balaban J connectivity index is 1.45. The summed E-state index contributed by atoms with van der Waals surface area (Å²) in [5.74, 6) is -3.64. The smallest absolute Gasteiger partial charge is 0.409 e. The maximum Gasteiger partial charge on any atom is 0.409 e. The molecule has 0 saturated carbocycles. The molecule has 1 heterocycles. The molecule has 2 unspecified atom stereocenters. The predicted octanol–water partition coefficient (Wildman–Crippen LogP) is 4.92. The third-order valence-electron chi connectivity index (χ3n) is 7.74. The molecular formula is C37H43N4O10P. The van der Waals surface area contributed by atoms with Crippen LogP contribution in [0.4, 0.5) is 4.79 Å². The van der Waals surface area contributed by atoms with Crippen LogP contribution in [0.25, 0.3) is 11.3 Å². The zero-order valence-electron chi connectivity index (χ0n) is 29.0. The number of nitrogens with one attached hydrogen (secondary N) is 3. The number of hydrogen-bond donors (Lipinski definition) is 5. The molecule has 276 valence electrons. The number of alkyl carbamates (subject to hydrolysis) is 1. The second-order valence-corrected chi connectivity index (χ2v) is 13.9. The SMILES string of the molecule is CC(C)C[C@H](NP(=O)(O)OC(NC(=O)OCc1ccccc1)C(=O)OCc1ccccc1)C(=O)N[C@@H](Cc1ccc(-c2cccn2C)cc1)C(=O)O. The van der Waals surface area contributed by atoms with Crippen molar-refractivity contribution in [3.63, 3.8) is 0 Å². The van der Waals surface area contributed by atoms with Crippen molar-refractivity contribution in [3.05, 3.63) is 120 Å². The number of carboxylic acids is 1. The van der Waals surface area contributed by atoms with Crippen LogP contribution in [0.3, 0.4) is 0 Å². The van der Waals surface area contributed by atoms with E-state index in [-0.39, 0.29) is 32.0 Å². The van der Waals surface area contributed by atoms with Crippen molar-refractivity contribution in [2.45, 2.75) is 58.2 Å². The summed E-state index contributed by atoms with van der Waals surface area (Å²) in [6.45, 7) is 3.09. The molecule has 0 fully saturated rings. The monoisotopic (exact) mass is 734 g/mol. The highest BCUT2D eigenvalue weighted by atomic mass is 31.2. The molecule has 5 N–H and O–H groups in total. The number of benzene rings is 3. The van der Waals surface area contributed by atoms with Crippen LogP contribution in [0, 0.1) is 5.92 Å². The number of aryl methyl sites for hydroxylation is 1. The average Bonchev–Trinajstić information content (AvgIpc) is 3.55. The number of esters is 1. The van der Waals surface area contributed by atoms with Gasteiger partial charge in [-0.3, -0.25) is 14.6 Å². The normalized spacial score (nSPS) is 14.0. The molecular weight excluding hydrogens is 691 g/mol. The van der Waals surface area contributed by atoms with Gasteiger partial charge in [0.25, 0.3) is 0 Å². The lowest BCUT2D eigenvalue weighted by Gasteiger charge is -2.26. The van der Waals surface area contributed by atoms with Gasteiger partial charge in [-0.05, 0) is 46.7 Å². The van der Waals surface area contributed by atoms with Gasteiger partial charge < -0.3 is 29.4 Å². The van der Waals surface area contributed by atoms with Crippen LogP contribution in [0.15, 0.2) is 103 Å². The number of carbonyl (C=O) groups excluding carboxylic acids is 3. The zero-order valence-corrected chi connectivity index (χ0v) is 29.9. The Labute approximate surface area is 301 Å². The minimum Gasteiger partial charge on any atom is -0.480 e. The van der Waals surface area contributed by atoms with Crippen molar-refractivity contribution in [2.75, 3.05) is 0 Å². The van der Waals surface area contributed by atoms with E-state index in [0.717, 1.165) is 11.3 Å². The molecule has 15 heteroatoms. The van der Waals surface area contributed by atoms with Gasteiger partial charge in [0, 0.05) is 25.4 Å². The van der Waals surface area contributed by atoms with E-state index in [1.807, 2.05) is 42.1 Å². The Bertz CT molecular complexity index is 1830. The number of nitrogens with zero attached hydrogens (tertiary/aromatic N) is 1. The minimum atomic E-state index is -5.10. The molecule has 52 heavy (non-hydrogen) atoms. The van der Waals surface area contributed by atoms with E-state index >= 15 is 0 Å². The largest absolute Gasteiger partial charge is 0.480 e. The standard InChI is InChI=1S/C37H43N4O10P/c1-25(2)21-30(33(42)38-31(35(43)44)22-26-16-18-29(19-17-26)32-15-10-20-41(32)3)40-52(47,48)51-34(36(45)49-23-27-11-6-4-7-12-27)39-37(46)50-24-28-13-8-5-9-14-28/h4-20,25,30-31,34H,21-24H2,1-3H3,(H,38,42)(H,39,46)(H,43,44)(H2,40,47,48)/t30-,31-,34?/m0/s1. The maximum atomic E-state index is 13.5. The van der Waals surface area contributed by atoms with Crippen molar-refractivity contribution < 1.29 is 47.7 Å². The molecule has 4 atom stereocenters. The second-order valence-electron chi connectivity index (χ2n) is 12.4. The number of carbonyl (C=O) groups is 4. The summed E-state index contributed by atoms with van der Waals surface area (Å²) < 4.78 is 31.0. The van der Waals surface area contributed by atoms with Crippen molar-refractivity contribution >= 4 is 31.7 Å². The summed E-state index contributed by atoms with van der Waals surface area (Å²) in [5.41, 5.74) is 3.77. The van der Waals surface area contributed by atoms with Crippen LogP contribution in [0.5, 0.6) is 0 Å². The highest BCUT2D eigenvalue weighted by molar-refractivity contribution is 7.50. The fraction of sp³-hybridized carbons (Fsp3) is 0.297. The van der Waals surface area contributed by atoms with Gasteiger partial charge in [-0.15, -0.1) is 0 Å². The lowest BCUT2D eigenvalue weighted by Crippen LogP contribution is -2.51. The third-order valence-corrected chi connectivity index (χ3v) is 8.87. The molecule has 0 saturated heterocycles. The molecule has 4 aromatic rings. The van der Waals surface area contributed by atoms with Crippen molar-refractivity contribution in [2.24, 2.45) is 13.0 Å². The summed E-state index contributed by atoms with van der Waals surface area (Å²) in [4.78, 5) is 62.3. The van der Waals surface area contributed by atoms with Gasteiger partial charge in [0.05, 0.1) is 6.04 Å². The topological polar surface area (TPSA) is 195 Å². The van der Waals surface area contributed by atoms with Crippen molar-refractivity contribution in [3.8, 4) is 11.3 Å². The number of aromatic nitrogens is 1. The summed E-state index contributed by atoms with van der Waals surface area (Å²) in [5, 5.41) is 16.7. The molecule has 0 aliphatic carbocycles. The first-order valence-electron chi connectivity index (χ1n) is 16.5. The van der Waals surface area contributed by atoms with Crippen LogP contribution < -0.4 is 15.7 Å².